The molecule has 1 aliphatic rings. The second kappa shape index (κ2) is 9.52. The van der Waals surface area contributed by atoms with E-state index in [4.69, 9.17) is 26.1 Å². The number of benzene rings is 2. The number of morpholine rings is 1. The van der Waals surface area contributed by atoms with Gasteiger partial charge in [-0.05, 0) is 37.6 Å². The zero-order chi connectivity index (χ0) is 22.8. The molecule has 0 saturated carbocycles. The van der Waals surface area contributed by atoms with Crippen molar-refractivity contribution in [2.75, 3.05) is 33.4 Å². The lowest BCUT2D eigenvalue weighted by atomic mass is 10.2. The molecule has 0 aliphatic carbocycles. The molecule has 0 spiro atoms. The first-order valence-corrected chi connectivity index (χ1v) is 11.6. The Morgan fingerprint density at radius 1 is 1.25 bits per heavy atom. The third-order valence-electron chi connectivity index (χ3n) is 5.40. The van der Waals surface area contributed by atoms with Crippen LogP contribution >= 0.6 is 23.4 Å². The summed E-state index contributed by atoms with van der Waals surface area (Å²) in [6.45, 7) is 5.88. The number of amides is 1. The quantitative estimate of drug-likeness (QED) is 0.415. The smallest absolute Gasteiger partial charge is 0.266 e. The van der Waals surface area contributed by atoms with Crippen LogP contribution in [-0.2, 0) is 9.53 Å². The summed E-state index contributed by atoms with van der Waals surface area (Å²) in [4.78, 5) is 33.1. The lowest BCUT2D eigenvalue weighted by molar-refractivity contribution is -0.134. The molecule has 9 heteroatoms. The number of fused-ring (bicyclic) bond motifs is 1. The van der Waals surface area contributed by atoms with E-state index >= 15 is 0 Å². The minimum Gasteiger partial charge on any atom is -0.495 e. The van der Waals surface area contributed by atoms with E-state index in [0.717, 1.165) is 5.56 Å². The van der Waals surface area contributed by atoms with Gasteiger partial charge in [-0.25, -0.2) is 4.98 Å². The molecule has 1 aliphatic heterocycles. The Bertz CT molecular complexity index is 1220. The van der Waals surface area contributed by atoms with Gasteiger partial charge in [-0.1, -0.05) is 35.5 Å². The molecule has 4 rings (SSSR count). The van der Waals surface area contributed by atoms with Crippen molar-refractivity contribution in [3.05, 3.63) is 57.3 Å². The fraction of sp³-hybridized carbons (Fsp3) is 0.348. The van der Waals surface area contributed by atoms with Gasteiger partial charge in [0.1, 0.15) is 5.75 Å². The van der Waals surface area contributed by atoms with Gasteiger partial charge in [0.2, 0.25) is 5.91 Å². The van der Waals surface area contributed by atoms with Crippen LogP contribution in [0.5, 0.6) is 5.75 Å². The van der Waals surface area contributed by atoms with Gasteiger partial charge in [-0.3, -0.25) is 14.2 Å². The van der Waals surface area contributed by atoms with Crippen molar-refractivity contribution in [2.24, 2.45) is 0 Å². The lowest BCUT2D eigenvalue weighted by Crippen LogP contribution is -2.44. The first-order valence-electron chi connectivity index (χ1n) is 10.3. The van der Waals surface area contributed by atoms with Gasteiger partial charge in [0, 0.05) is 24.2 Å². The summed E-state index contributed by atoms with van der Waals surface area (Å²) in [5.74, 6) is 0.445. The Hall–Kier alpha value is -2.55. The zero-order valence-corrected chi connectivity index (χ0v) is 19.7. The number of para-hydroxylation sites is 1. The summed E-state index contributed by atoms with van der Waals surface area (Å²) in [6.07, 6.45) is 0. The molecule has 3 aromatic rings. The van der Waals surface area contributed by atoms with Crippen molar-refractivity contribution in [2.45, 2.75) is 24.3 Å². The van der Waals surface area contributed by atoms with Crippen LogP contribution in [0.1, 0.15) is 12.5 Å². The summed E-state index contributed by atoms with van der Waals surface area (Å²) in [6, 6.07) is 10.7. The fourth-order valence-electron chi connectivity index (χ4n) is 3.64. The molecule has 1 atom stereocenters. The van der Waals surface area contributed by atoms with E-state index in [-0.39, 0.29) is 11.5 Å². The minimum atomic E-state index is -0.438. The van der Waals surface area contributed by atoms with E-state index in [1.807, 2.05) is 19.9 Å². The molecule has 1 fully saturated rings. The van der Waals surface area contributed by atoms with E-state index in [1.165, 1.54) is 23.4 Å². The first kappa shape index (κ1) is 22.6. The molecule has 1 unspecified atom stereocenters. The van der Waals surface area contributed by atoms with E-state index in [0.29, 0.717) is 58.8 Å². The number of hydrogen-bond donors (Lipinski definition) is 0. The Morgan fingerprint density at radius 2 is 1.97 bits per heavy atom. The Labute approximate surface area is 195 Å². The maximum atomic E-state index is 13.6. The maximum absolute atomic E-state index is 13.6. The molecule has 1 amide bonds. The summed E-state index contributed by atoms with van der Waals surface area (Å²) in [7, 11) is 1.53. The number of halogens is 1. The number of methoxy groups -OCH3 is 1. The maximum Gasteiger partial charge on any atom is 0.266 e. The van der Waals surface area contributed by atoms with Gasteiger partial charge in [-0.15, -0.1) is 0 Å². The SMILES string of the molecule is COc1cc(Cl)c(C)cc1-n1c(SC(C)C(=O)N2CCOCC2)nc2ccccc2c1=O. The zero-order valence-electron chi connectivity index (χ0n) is 18.1. The second-order valence-corrected chi connectivity index (χ2v) is 9.24. The highest BCUT2D eigenvalue weighted by atomic mass is 35.5. The van der Waals surface area contributed by atoms with Gasteiger partial charge in [0.25, 0.3) is 5.56 Å². The lowest BCUT2D eigenvalue weighted by Gasteiger charge is -2.29. The number of nitrogens with zero attached hydrogens (tertiary/aromatic N) is 3. The van der Waals surface area contributed by atoms with Gasteiger partial charge in [0.15, 0.2) is 5.16 Å². The molecule has 7 nitrogen and oxygen atoms in total. The molecule has 1 aromatic heterocycles. The predicted molar refractivity (Wildman–Crippen MR) is 126 cm³/mol. The highest BCUT2D eigenvalue weighted by Crippen LogP contribution is 2.33. The normalized spacial score (nSPS) is 15.1. The van der Waals surface area contributed by atoms with Crippen LogP contribution in [0.4, 0.5) is 0 Å². The average molecular weight is 474 g/mol. The minimum absolute atomic E-state index is 0.00786. The standard InChI is InChI=1S/C23H24ClN3O4S/c1-14-12-19(20(30-3)13-17(14)24)27-22(29)16-6-4-5-7-18(16)25-23(27)32-15(2)21(28)26-8-10-31-11-9-26/h4-7,12-13,15H,8-11H2,1-3H3. The average Bonchev–Trinajstić information content (AvgIpc) is 2.81. The van der Waals surface area contributed by atoms with E-state index in [2.05, 4.69) is 0 Å². The molecular formula is C23H24ClN3O4S. The first-order chi connectivity index (χ1) is 15.4. The van der Waals surface area contributed by atoms with Crippen LogP contribution in [0.2, 0.25) is 5.02 Å². The van der Waals surface area contributed by atoms with Crippen molar-refractivity contribution in [3.8, 4) is 11.4 Å². The summed E-state index contributed by atoms with van der Waals surface area (Å²) >= 11 is 7.55. The second-order valence-electron chi connectivity index (χ2n) is 7.52. The number of aromatic nitrogens is 2. The number of aryl methyl sites for hydroxylation is 1. The number of ether oxygens (including phenoxy) is 2. The summed E-state index contributed by atoms with van der Waals surface area (Å²) in [5, 5.41) is 1.01. The van der Waals surface area contributed by atoms with E-state index in [9.17, 15) is 9.59 Å². The molecule has 1 saturated heterocycles. The van der Waals surface area contributed by atoms with Gasteiger partial charge in [0.05, 0.1) is 42.2 Å². The Kier molecular flexibility index (Phi) is 6.74. The highest BCUT2D eigenvalue weighted by Gasteiger charge is 2.26. The number of carbonyl (C=O) groups excluding carboxylic acids is 1. The molecule has 0 N–H and O–H groups in total. The van der Waals surface area contributed by atoms with Crippen molar-refractivity contribution in [1.29, 1.82) is 0 Å². The van der Waals surface area contributed by atoms with Crippen LogP contribution in [0.15, 0.2) is 46.3 Å². The highest BCUT2D eigenvalue weighted by molar-refractivity contribution is 8.00. The van der Waals surface area contributed by atoms with Crippen molar-refractivity contribution >= 4 is 40.2 Å². The Morgan fingerprint density at radius 3 is 2.69 bits per heavy atom. The largest absolute Gasteiger partial charge is 0.495 e. The topological polar surface area (TPSA) is 73.7 Å². The van der Waals surface area contributed by atoms with Crippen LogP contribution in [0, 0.1) is 6.92 Å². The van der Waals surface area contributed by atoms with Crippen LogP contribution < -0.4 is 10.3 Å². The molecule has 32 heavy (non-hydrogen) atoms. The van der Waals surface area contributed by atoms with Crippen LogP contribution in [0.3, 0.4) is 0 Å². The summed E-state index contributed by atoms with van der Waals surface area (Å²) in [5.41, 5.74) is 1.68. The third kappa shape index (κ3) is 4.35. The number of rotatable bonds is 5. The Balaban J connectivity index is 1.84. The van der Waals surface area contributed by atoms with Gasteiger partial charge < -0.3 is 14.4 Å². The summed E-state index contributed by atoms with van der Waals surface area (Å²) < 4.78 is 12.4. The molecule has 2 heterocycles. The van der Waals surface area contributed by atoms with Gasteiger partial charge in [-0.2, -0.15) is 0 Å². The van der Waals surface area contributed by atoms with Crippen molar-refractivity contribution in [1.82, 2.24) is 14.5 Å². The number of carbonyl (C=O) groups is 1. The van der Waals surface area contributed by atoms with Gasteiger partial charge >= 0.3 is 0 Å². The molecular weight excluding hydrogens is 450 g/mol. The van der Waals surface area contributed by atoms with Crippen LogP contribution in [-0.4, -0.2) is 59.0 Å². The number of thioether (sulfide) groups is 1. The van der Waals surface area contributed by atoms with Crippen LogP contribution in [0.25, 0.3) is 16.6 Å². The molecule has 0 radical (unpaired) electrons. The number of hydrogen-bond acceptors (Lipinski definition) is 6. The molecule has 2 aromatic carbocycles. The van der Waals surface area contributed by atoms with E-state index < -0.39 is 5.25 Å². The fourth-order valence-corrected chi connectivity index (χ4v) is 4.80. The third-order valence-corrected chi connectivity index (χ3v) is 6.85. The molecule has 168 valence electrons. The van der Waals surface area contributed by atoms with E-state index in [1.54, 1.807) is 35.2 Å². The van der Waals surface area contributed by atoms with Crippen molar-refractivity contribution in [3.63, 3.8) is 0 Å². The monoisotopic (exact) mass is 473 g/mol. The van der Waals surface area contributed by atoms with Crippen molar-refractivity contribution < 1.29 is 14.3 Å². The predicted octanol–water partition coefficient (Wildman–Crippen LogP) is 3.70. The molecule has 0 bridgehead atoms.